The number of rotatable bonds is 2. The summed E-state index contributed by atoms with van der Waals surface area (Å²) in [7, 11) is 0. The van der Waals surface area contributed by atoms with Crippen LogP contribution in [-0.2, 0) is 19.0 Å². The van der Waals surface area contributed by atoms with Crippen molar-refractivity contribution in [3.63, 3.8) is 0 Å². The van der Waals surface area contributed by atoms with E-state index in [1.165, 1.54) is 6.92 Å². The lowest BCUT2D eigenvalue weighted by molar-refractivity contribution is -0.182. The summed E-state index contributed by atoms with van der Waals surface area (Å²) in [5.41, 5.74) is -1.05. The van der Waals surface area contributed by atoms with Gasteiger partial charge < -0.3 is 24.4 Å². The molecular weight excluding hydrogens is 316 g/mol. The molecule has 1 aromatic carbocycles. The van der Waals surface area contributed by atoms with Gasteiger partial charge in [-0.25, -0.2) is 9.59 Å². The highest BCUT2D eigenvalue weighted by Crippen LogP contribution is 2.54. The first-order valence-corrected chi connectivity index (χ1v) is 7.64. The van der Waals surface area contributed by atoms with Gasteiger partial charge in [-0.3, -0.25) is 0 Å². The van der Waals surface area contributed by atoms with Crippen molar-refractivity contribution in [1.82, 2.24) is 0 Å². The lowest BCUT2D eigenvalue weighted by Crippen LogP contribution is -2.50. The molecule has 24 heavy (non-hydrogen) atoms. The van der Waals surface area contributed by atoms with Crippen LogP contribution in [0.3, 0.4) is 0 Å². The smallest absolute Gasteiger partial charge is 0.338 e. The van der Waals surface area contributed by atoms with E-state index in [0.29, 0.717) is 5.56 Å². The Bertz CT molecular complexity index is 724. The minimum absolute atomic E-state index is 0.244. The van der Waals surface area contributed by atoms with Crippen molar-refractivity contribution < 1.29 is 34.0 Å². The van der Waals surface area contributed by atoms with Gasteiger partial charge >= 0.3 is 11.9 Å². The van der Waals surface area contributed by atoms with Crippen molar-refractivity contribution in [3.05, 3.63) is 47.7 Å². The van der Waals surface area contributed by atoms with E-state index in [9.17, 15) is 19.8 Å². The Hall–Kier alpha value is -2.38. The standard InChI is InChI=1S/C17H16O7/c1-17(21)11-10-9(7-22-16(11)20)15(19)23-12(10)13(17)24-14(18)8-5-3-2-4-6-8/h2-7,10-13,16,20-21H,1H3/t10-,11-,12+,13+,16?,17-/m1/s1. The van der Waals surface area contributed by atoms with Gasteiger partial charge in [0.25, 0.3) is 0 Å². The molecule has 1 unspecified atom stereocenters. The number of aliphatic hydroxyl groups excluding tert-OH is 1. The third-order valence-corrected chi connectivity index (χ3v) is 5.01. The molecule has 0 spiro atoms. The summed E-state index contributed by atoms with van der Waals surface area (Å²) < 4.78 is 15.8. The molecule has 1 aromatic rings. The zero-order valence-electron chi connectivity index (χ0n) is 12.8. The maximum absolute atomic E-state index is 12.4. The second kappa shape index (κ2) is 5.06. The summed E-state index contributed by atoms with van der Waals surface area (Å²) in [6.45, 7) is 1.45. The molecule has 0 aromatic heterocycles. The van der Waals surface area contributed by atoms with E-state index in [0.717, 1.165) is 6.26 Å². The van der Waals surface area contributed by atoms with Gasteiger partial charge in [0.05, 0.1) is 23.3 Å². The number of carbonyl (C=O) groups excluding carboxylic acids is 2. The molecule has 2 heterocycles. The maximum atomic E-state index is 12.4. The molecule has 0 radical (unpaired) electrons. The van der Waals surface area contributed by atoms with Crippen molar-refractivity contribution in [2.75, 3.05) is 0 Å². The topological polar surface area (TPSA) is 102 Å². The van der Waals surface area contributed by atoms with E-state index in [1.54, 1.807) is 30.3 Å². The van der Waals surface area contributed by atoms with Gasteiger partial charge in [0.1, 0.15) is 11.7 Å². The number of esters is 2. The van der Waals surface area contributed by atoms with E-state index < -0.39 is 47.9 Å². The molecule has 3 aliphatic rings. The molecule has 2 fully saturated rings. The van der Waals surface area contributed by atoms with Crippen LogP contribution >= 0.6 is 0 Å². The summed E-state index contributed by atoms with van der Waals surface area (Å²) in [6, 6.07) is 8.32. The molecule has 7 heteroatoms. The average molecular weight is 332 g/mol. The Morgan fingerprint density at radius 2 is 2.00 bits per heavy atom. The van der Waals surface area contributed by atoms with E-state index in [-0.39, 0.29) is 5.57 Å². The third kappa shape index (κ3) is 1.98. The first-order valence-electron chi connectivity index (χ1n) is 7.64. The van der Waals surface area contributed by atoms with Crippen molar-refractivity contribution in [2.45, 2.75) is 31.0 Å². The van der Waals surface area contributed by atoms with Gasteiger partial charge in [-0.1, -0.05) is 18.2 Å². The van der Waals surface area contributed by atoms with Crippen LogP contribution in [0, 0.1) is 11.8 Å². The largest absolute Gasteiger partial charge is 0.472 e. The van der Waals surface area contributed by atoms with Crippen LogP contribution in [0.1, 0.15) is 17.3 Å². The fourth-order valence-electron chi connectivity index (χ4n) is 3.88. The second-order valence-corrected chi connectivity index (χ2v) is 6.44. The molecule has 1 saturated heterocycles. The Morgan fingerprint density at radius 3 is 2.71 bits per heavy atom. The molecule has 0 amide bonds. The van der Waals surface area contributed by atoms with Crippen LogP contribution in [0.5, 0.6) is 0 Å². The molecule has 1 saturated carbocycles. The molecule has 4 rings (SSSR count). The highest BCUT2D eigenvalue weighted by Gasteiger charge is 2.69. The second-order valence-electron chi connectivity index (χ2n) is 6.44. The summed E-state index contributed by atoms with van der Waals surface area (Å²) in [5.74, 6) is -2.63. The number of hydrogen-bond donors (Lipinski definition) is 2. The van der Waals surface area contributed by atoms with Gasteiger partial charge in [0.2, 0.25) is 6.29 Å². The Morgan fingerprint density at radius 1 is 1.29 bits per heavy atom. The zero-order chi connectivity index (χ0) is 17.1. The summed E-state index contributed by atoms with van der Waals surface area (Å²) in [4.78, 5) is 24.3. The molecule has 1 aliphatic carbocycles. The number of aliphatic hydroxyl groups is 2. The van der Waals surface area contributed by atoms with Gasteiger partial charge in [-0.15, -0.1) is 0 Å². The van der Waals surface area contributed by atoms with Crippen LogP contribution < -0.4 is 0 Å². The van der Waals surface area contributed by atoms with Gasteiger partial charge in [-0.2, -0.15) is 0 Å². The highest BCUT2D eigenvalue weighted by molar-refractivity contribution is 5.92. The molecule has 2 aliphatic heterocycles. The lowest BCUT2D eigenvalue weighted by Gasteiger charge is -2.36. The Kier molecular flexibility index (Phi) is 3.20. The fraction of sp³-hybridized carbons (Fsp3) is 0.412. The highest BCUT2D eigenvalue weighted by atomic mass is 16.6. The van der Waals surface area contributed by atoms with Crippen molar-refractivity contribution in [1.29, 1.82) is 0 Å². The monoisotopic (exact) mass is 332 g/mol. The van der Waals surface area contributed by atoms with Gasteiger partial charge in [0, 0.05) is 5.92 Å². The molecule has 126 valence electrons. The van der Waals surface area contributed by atoms with E-state index >= 15 is 0 Å². The fourth-order valence-corrected chi connectivity index (χ4v) is 3.88. The Balaban J connectivity index is 1.68. The van der Waals surface area contributed by atoms with Crippen molar-refractivity contribution in [2.24, 2.45) is 11.8 Å². The van der Waals surface area contributed by atoms with Crippen LogP contribution in [0.2, 0.25) is 0 Å². The lowest BCUT2D eigenvalue weighted by atomic mass is 9.81. The third-order valence-electron chi connectivity index (χ3n) is 5.01. The molecule has 2 N–H and O–H groups in total. The average Bonchev–Trinajstić information content (AvgIpc) is 2.98. The maximum Gasteiger partial charge on any atom is 0.338 e. The van der Waals surface area contributed by atoms with Gasteiger partial charge in [-0.05, 0) is 19.1 Å². The normalized spacial score (nSPS) is 39.5. The number of carbonyl (C=O) groups is 2. The van der Waals surface area contributed by atoms with Gasteiger partial charge in [0.15, 0.2) is 6.10 Å². The number of benzene rings is 1. The molecule has 6 atom stereocenters. The minimum atomic E-state index is -1.61. The van der Waals surface area contributed by atoms with E-state index in [2.05, 4.69) is 0 Å². The molecule has 0 bridgehead atoms. The number of hydrogen-bond acceptors (Lipinski definition) is 7. The van der Waals surface area contributed by atoms with Crippen LogP contribution in [0.15, 0.2) is 42.2 Å². The summed E-state index contributed by atoms with van der Waals surface area (Å²) in [5, 5.41) is 21.0. The SMILES string of the molecule is C[C@]1(O)[C@@H](OC(=O)c2ccccc2)[C@H]2OC(=O)C3=COC(O)[C@H]1[C@@H]32. The first-order chi connectivity index (χ1) is 11.4. The minimum Gasteiger partial charge on any atom is -0.472 e. The zero-order valence-corrected chi connectivity index (χ0v) is 12.8. The van der Waals surface area contributed by atoms with Crippen molar-refractivity contribution in [3.8, 4) is 0 Å². The first kappa shape index (κ1) is 15.2. The predicted molar refractivity (Wildman–Crippen MR) is 78.3 cm³/mol. The summed E-state index contributed by atoms with van der Waals surface area (Å²) >= 11 is 0. The quantitative estimate of drug-likeness (QED) is 0.754. The summed E-state index contributed by atoms with van der Waals surface area (Å²) in [6.07, 6.45) is -2.11. The van der Waals surface area contributed by atoms with Crippen LogP contribution in [0.4, 0.5) is 0 Å². The van der Waals surface area contributed by atoms with Crippen LogP contribution in [0.25, 0.3) is 0 Å². The molecular formula is C17H16O7. The number of ether oxygens (including phenoxy) is 3. The molecule has 7 nitrogen and oxygen atoms in total. The Labute approximate surface area is 137 Å². The van der Waals surface area contributed by atoms with E-state index in [4.69, 9.17) is 14.2 Å². The van der Waals surface area contributed by atoms with Crippen molar-refractivity contribution >= 4 is 11.9 Å². The van der Waals surface area contributed by atoms with Crippen LogP contribution in [-0.4, -0.2) is 46.3 Å². The van der Waals surface area contributed by atoms with E-state index in [1.807, 2.05) is 0 Å². The predicted octanol–water partition coefficient (Wildman–Crippen LogP) is 0.367.